The summed E-state index contributed by atoms with van der Waals surface area (Å²) in [6, 6.07) is 10.1. The maximum Gasteiger partial charge on any atom is 0.219 e. The highest BCUT2D eigenvalue weighted by Gasteiger charge is 2.00. The molecule has 1 aromatic carbocycles. The Kier molecular flexibility index (Phi) is 3.28. The first-order valence-corrected chi connectivity index (χ1v) is 6.51. The van der Waals surface area contributed by atoms with E-state index in [1.165, 1.54) is 0 Å². The smallest absolute Gasteiger partial charge is 0.219 e. The molecular weight excluding hydrogens is 308 g/mol. The van der Waals surface area contributed by atoms with Crippen molar-refractivity contribution in [3.63, 3.8) is 0 Å². The molecule has 19 heavy (non-hydrogen) atoms. The number of anilines is 1. The van der Waals surface area contributed by atoms with Crippen LogP contribution in [0.15, 0.2) is 47.5 Å². The normalized spacial score (nSPS) is 10.6. The Morgan fingerprint density at radius 3 is 2.74 bits per heavy atom. The zero-order valence-corrected chi connectivity index (χ0v) is 11.5. The minimum absolute atomic E-state index is 0.545. The van der Waals surface area contributed by atoms with Crippen LogP contribution in [0.5, 0.6) is 0 Å². The van der Waals surface area contributed by atoms with Crippen molar-refractivity contribution in [3.05, 3.63) is 53.0 Å². The van der Waals surface area contributed by atoms with Crippen LogP contribution < -0.4 is 5.32 Å². The molecule has 0 saturated heterocycles. The summed E-state index contributed by atoms with van der Waals surface area (Å²) in [6.45, 7) is 0.682. The van der Waals surface area contributed by atoms with Gasteiger partial charge in [-0.05, 0) is 39.7 Å². The maximum absolute atomic E-state index is 4.19. The van der Waals surface area contributed by atoms with Crippen molar-refractivity contribution in [3.8, 4) is 5.69 Å². The molecule has 2 aromatic heterocycles. The van der Waals surface area contributed by atoms with Gasteiger partial charge in [0, 0.05) is 18.9 Å². The lowest BCUT2D eigenvalue weighted by Crippen LogP contribution is -2.01. The van der Waals surface area contributed by atoms with Crippen molar-refractivity contribution >= 4 is 21.9 Å². The lowest BCUT2D eigenvalue weighted by molar-refractivity contribution is 0.879. The van der Waals surface area contributed by atoms with Crippen molar-refractivity contribution in [1.29, 1.82) is 0 Å². The number of aromatic amines is 1. The Balaban J connectivity index is 1.66. The quantitative estimate of drug-likeness (QED) is 0.774. The Hall–Kier alpha value is -2.15. The van der Waals surface area contributed by atoms with Crippen LogP contribution in [0.25, 0.3) is 5.69 Å². The summed E-state index contributed by atoms with van der Waals surface area (Å²) in [7, 11) is 0. The SMILES string of the molecule is Brc1n[nH]c(NCc2ccc(-n3cccn3)cc2)n1. The lowest BCUT2D eigenvalue weighted by atomic mass is 10.2. The highest BCUT2D eigenvalue weighted by molar-refractivity contribution is 9.10. The Bertz CT molecular complexity index is 643. The Morgan fingerprint density at radius 2 is 2.11 bits per heavy atom. The number of aromatic nitrogens is 5. The van der Waals surface area contributed by atoms with E-state index in [2.05, 4.69) is 53.7 Å². The summed E-state index contributed by atoms with van der Waals surface area (Å²) in [5.41, 5.74) is 2.19. The Morgan fingerprint density at radius 1 is 1.26 bits per heavy atom. The van der Waals surface area contributed by atoms with Gasteiger partial charge in [-0.2, -0.15) is 10.1 Å². The maximum atomic E-state index is 4.19. The second-order valence-electron chi connectivity index (χ2n) is 3.92. The fourth-order valence-electron chi connectivity index (χ4n) is 1.69. The first-order chi connectivity index (χ1) is 9.31. The monoisotopic (exact) mass is 318 g/mol. The largest absolute Gasteiger partial charge is 0.350 e. The van der Waals surface area contributed by atoms with Crippen LogP contribution >= 0.6 is 15.9 Å². The molecule has 2 N–H and O–H groups in total. The zero-order chi connectivity index (χ0) is 13.1. The van der Waals surface area contributed by atoms with E-state index >= 15 is 0 Å². The van der Waals surface area contributed by atoms with Crippen LogP contribution in [0, 0.1) is 0 Å². The molecule has 0 atom stereocenters. The van der Waals surface area contributed by atoms with Crippen molar-refractivity contribution in [1.82, 2.24) is 25.0 Å². The topological polar surface area (TPSA) is 71.4 Å². The third kappa shape index (κ3) is 2.82. The number of benzene rings is 1. The van der Waals surface area contributed by atoms with Gasteiger partial charge < -0.3 is 5.32 Å². The van der Waals surface area contributed by atoms with Crippen LogP contribution in [0.3, 0.4) is 0 Å². The number of nitrogens with one attached hydrogen (secondary N) is 2. The molecule has 0 saturated carbocycles. The van der Waals surface area contributed by atoms with Crippen LogP contribution in [-0.2, 0) is 6.54 Å². The highest BCUT2D eigenvalue weighted by Crippen LogP contribution is 2.10. The third-order valence-corrected chi connectivity index (χ3v) is 2.98. The molecule has 3 aromatic rings. The standard InChI is InChI=1S/C12H11BrN6/c13-11-16-12(18-17-11)14-8-9-2-4-10(5-3-9)19-7-1-6-15-19/h1-7H,8H2,(H2,14,16,17,18). The summed E-state index contributed by atoms with van der Waals surface area (Å²) in [5, 5.41) is 14.0. The number of nitrogens with zero attached hydrogens (tertiary/aromatic N) is 4. The van der Waals surface area contributed by atoms with Crippen molar-refractivity contribution < 1.29 is 0 Å². The predicted octanol–water partition coefficient (Wildman–Crippen LogP) is 2.37. The second kappa shape index (κ2) is 5.23. The highest BCUT2D eigenvalue weighted by atomic mass is 79.9. The summed E-state index contributed by atoms with van der Waals surface area (Å²) >= 11 is 3.19. The minimum atomic E-state index is 0.545. The first-order valence-electron chi connectivity index (χ1n) is 5.72. The van der Waals surface area contributed by atoms with Gasteiger partial charge >= 0.3 is 0 Å². The summed E-state index contributed by atoms with van der Waals surface area (Å²) in [5.74, 6) is 0.642. The average Bonchev–Trinajstić information content (AvgIpc) is 3.08. The van der Waals surface area contributed by atoms with Crippen LogP contribution in [-0.4, -0.2) is 25.0 Å². The van der Waals surface area contributed by atoms with Crippen molar-refractivity contribution in [2.75, 3.05) is 5.32 Å². The van der Waals surface area contributed by atoms with Crippen molar-refractivity contribution in [2.45, 2.75) is 6.54 Å². The molecule has 0 aliphatic carbocycles. The van der Waals surface area contributed by atoms with Gasteiger partial charge in [-0.1, -0.05) is 12.1 Å². The molecule has 0 amide bonds. The van der Waals surface area contributed by atoms with Gasteiger partial charge in [0.1, 0.15) is 0 Å². The van der Waals surface area contributed by atoms with E-state index in [0.717, 1.165) is 11.3 Å². The minimum Gasteiger partial charge on any atom is -0.350 e. The molecule has 0 aliphatic heterocycles. The van der Waals surface area contributed by atoms with Crippen LogP contribution in [0.2, 0.25) is 0 Å². The molecule has 2 heterocycles. The fraction of sp³-hybridized carbons (Fsp3) is 0.0833. The van der Waals surface area contributed by atoms with Crippen molar-refractivity contribution in [2.24, 2.45) is 0 Å². The average molecular weight is 319 g/mol. The van der Waals surface area contributed by atoms with Gasteiger partial charge in [0.05, 0.1) is 5.69 Å². The number of H-pyrrole nitrogens is 1. The van der Waals surface area contributed by atoms with E-state index in [-0.39, 0.29) is 0 Å². The van der Waals surface area contributed by atoms with E-state index < -0.39 is 0 Å². The fourth-order valence-corrected chi connectivity index (χ4v) is 1.96. The molecule has 0 unspecified atom stereocenters. The summed E-state index contributed by atoms with van der Waals surface area (Å²) in [4.78, 5) is 4.11. The molecule has 6 nitrogen and oxygen atoms in total. The molecule has 7 heteroatoms. The second-order valence-corrected chi connectivity index (χ2v) is 4.63. The molecule has 0 bridgehead atoms. The molecule has 3 rings (SSSR count). The van der Waals surface area contributed by atoms with E-state index in [1.807, 2.05) is 29.1 Å². The zero-order valence-electron chi connectivity index (χ0n) is 9.92. The predicted molar refractivity (Wildman–Crippen MR) is 75.0 cm³/mol. The van der Waals surface area contributed by atoms with Crippen LogP contribution in [0.4, 0.5) is 5.95 Å². The molecular formula is C12H11BrN6. The molecule has 0 fully saturated rings. The van der Waals surface area contributed by atoms with Gasteiger partial charge in [-0.15, -0.1) is 5.10 Å². The molecule has 0 spiro atoms. The first kappa shape index (κ1) is 11.9. The van der Waals surface area contributed by atoms with E-state index in [9.17, 15) is 0 Å². The summed E-state index contributed by atoms with van der Waals surface area (Å²) < 4.78 is 2.37. The number of halogens is 1. The van der Waals surface area contributed by atoms with E-state index in [1.54, 1.807) is 6.20 Å². The van der Waals surface area contributed by atoms with Crippen LogP contribution in [0.1, 0.15) is 5.56 Å². The molecule has 96 valence electrons. The lowest BCUT2D eigenvalue weighted by Gasteiger charge is -2.05. The van der Waals surface area contributed by atoms with Gasteiger partial charge in [0.25, 0.3) is 0 Å². The van der Waals surface area contributed by atoms with Gasteiger partial charge in [0.15, 0.2) is 0 Å². The number of hydrogen-bond donors (Lipinski definition) is 2. The van der Waals surface area contributed by atoms with Gasteiger partial charge in [-0.25, -0.2) is 9.78 Å². The Labute approximate surface area is 118 Å². The van der Waals surface area contributed by atoms with Gasteiger partial charge in [-0.3, -0.25) is 0 Å². The van der Waals surface area contributed by atoms with Gasteiger partial charge in [0.2, 0.25) is 10.7 Å². The van der Waals surface area contributed by atoms with E-state index in [4.69, 9.17) is 0 Å². The number of hydrogen-bond acceptors (Lipinski definition) is 4. The summed E-state index contributed by atoms with van der Waals surface area (Å²) in [6.07, 6.45) is 3.68. The molecule has 0 aliphatic rings. The third-order valence-electron chi connectivity index (χ3n) is 2.62. The molecule has 0 radical (unpaired) electrons. The van der Waals surface area contributed by atoms with E-state index in [0.29, 0.717) is 17.2 Å². The number of rotatable bonds is 4.